The highest BCUT2D eigenvalue weighted by atomic mass is 16.6. The highest BCUT2D eigenvalue weighted by molar-refractivity contribution is 5.92. The van der Waals surface area contributed by atoms with Crippen molar-refractivity contribution in [2.24, 2.45) is 10.6 Å². The Morgan fingerprint density at radius 2 is 1.79 bits per heavy atom. The maximum Gasteiger partial charge on any atom is 0.265 e. The Kier molecular flexibility index (Phi) is 6.41. The maximum absolute atomic E-state index is 12.0. The number of hydrogen-bond acceptors (Lipinski definition) is 3. The van der Waals surface area contributed by atoms with E-state index in [9.17, 15) is 4.79 Å². The molecule has 0 atom stereocenters. The van der Waals surface area contributed by atoms with Crippen molar-refractivity contribution in [3.8, 4) is 0 Å². The van der Waals surface area contributed by atoms with E-state index < -0.39 is 0 Å². The van der Waals surface area contributed by atoms with Gasteiger partial charge in [0.1, 0.15) is 0 Å². The highest BCUT2D eigenvalue weighted by Crippen LogP contribution is 2.40. The smallest absolute Gasteiger partial charge is 0.265 e. The zero-order valence-corrected chi connectivity index (χ0v) is 15.4. The molecule has 1 fully saturated rings. The van der Waals surface area contributed by atoms with Crippen LogP contribution in [0, 0.1) is 19.3 Å². The summed E-state index contributed by atoms with van der Waals surface area (Å²) < 4.78 is 0. The minimum absolute atomic E-state index is 0.0515. The van der Waals surface area contributed by atoms with Gasteiger partial charge in [-0.1, -0.05) is 37.4 Å². The Hall–Kier alpha value is -1.84. The molecule has 1 aliphatic rings. The zero-order valence-electron chi connectivity index (χ0n) is 15.4. The van der Waals surface area contributed by atoms with Gasteiger partial charge in [0, 0.05) is 11.1 Å². The minimum Gasteiger partial charge on any atom is -0.386 e. The lowest BCUT2D eigenvalue weighted by Crippen LogP contribution is -2.31. The van der Waals surface area contributed by atoms with Crippen LogP contribution in [0.5, 0.6) is 0 Å². The van der Waals surface area contributed by atoms with Gasteiger partial charge in [-0.25, -0.2) is 0 Å². The highest BCUT2D eigenvalue weighted by Gasteiger charge is 2.33. The summed E-state index contributed by atoms with van der Waals surface area (Å²) in [6.45, 7) is 8.24. The van der Waals surface area contributed by atoms with Crippen LogP contribution in [0.25, 0.3) is 0 Å². The summed E-state index contributed by atoms with van der Waals surface area (Å²) in [5.41, 5.74) is 4.26. The van der Waals surface area contributed by atoms with Gasteiger partial charge in [-0.2, -0.15) is 0 Å². The summed E-state index contributed by atoms with van der Waals surface area (Å²) in [5.74, 6) is -0.175. The standard InChI is InChI=1S/C20H30N2O2/c1-5-20(9-7-6-8-10-20)17(4)22-24-14-19(23)21-18-12-15(2)11-16(3)13-18/h11-13H,5-10,14H2,1-4H3,(H,21,23)/b22-17+. The Bertz CT molecular complexity index is 581. The Labute approximate surface area is 145 Å². The average Bonchev–Trinajstić information content (AvgIpc) is 2.54. The molecule has 1 amide bonds. The molecule has 1 aliphatic carbocycles. The van der Waals surface area contributed by atoms with Crippen LogP contribution in [-0.2, 0) is 9.63 Å². The molecule has 1 aromatic rings. The molecule has 1 saturated carbocycles. The second-order valence-electron chi connectivity index (χ2n) is 7.07. The largest absolute Gasteiger partial charge is 0.386 e. The van der Waals surface area contributed by atoms with Crippen LogP contribution in [0.1, 0.15) is 63.5 Å². The molecule has 24 heavy (non-hydrogen) atoms. The van der Waals surface area contributed by atoms with E-state index in [0.29, 0.717) is 0 Å². The molecule has 1 aromatic carbocycles. The van der Waals surface area contributed by atoms with E-state index >= 15 is 0 Å². The molecule has 0 saturated heterocycles. The normalized spacial score (nSPS) is 17.4. The van der Waals surface area contributed by atoms with Gasteiger partial charge in [0.25, 0.3) is 5.91 Å². The van der Waals surface area contributed by atoms with E-state index in [1.54, 1.807) is 0 Å². The number of amides is 1. The lowest BCUT2D eigenvalue weighted by molar-refractivity contribution is -0.120. The number of hydrogen-bond donors (Lipinski definition) is 1. The average molecular weight is 330 g/mol. The third-order valence-corrected chi connectivity index (χ3v) is 5.16. The summed E-state index contributed by atoms with van der Waals surface area (Å²) in [5, 5.41) is 7.13. The molecule has 4 nitrogen and oxygen atoms in total. The van der Waals surface area contributed by atoms with Crippen molar-refractivity contribution in [2.75, 3.05) is 11.9 Å². The first-order valence-corrected chi connectivity index (χ1v) is 9.00. The maximum atomic E-state index is 12.0. The molecule has 2 rings (SSSR count). The molecule has 0 spiro atoms. The number of nitrogens with zero attached hydrogens (tertiary/aromatic N) is 1. The second kappa shape index (κ2) is 8.32. The van der Waals surface area contributed by atoms with Crippen molar-refractivity contribution in [3.63, 3.8) is 0 Å². The first-order chi connectivity index (χ1) is 11.4. The number of nitrogens with one attached hydrogen (secondary N) is 1. The minimum atomic E-state index is -0.175. The summed E-state index contributed by atoms with van der Waals surface area (Å²) in [6.07, 6.45) is 7.27. The van der Waals surface area contributed by atoms with Crippen LogP contribution in [0.4, 0.5) is 5.69 Å². The predicted molar refractivity (Wildman–Crippen MR) is 99.4 cm³/mol. The molecule has 1 N–H and O–H groups in total. The number of benzene rings is 1. The molecule has 0 aliphatic heterocycles. The van der Waals surface area contributed by atoms with E-state index in [0.717, 1.165) is 28.9 Å². The number of aryl methyl sites for hydroxylation is 2. The summed E-state index contributed by atoms with van der Waals surface area (Å²) in [7, 11) is 0. The number of anilines is 1. The van der Waals surface area contributed by atoms with Crippen LogP contribution in [0.15, 0.2) is 23.4 Å². The van der Waals surface area contributed by atoms with Crippen molar-refractivity contribution < 1.29 is 9.63 Å². The number of oxime groups is 1. The van der Waals surface area contributed by atoms with Crippen molar-refractivity contribution in [3.05, 3.63) is 29.3 Å². The molecular formula is C20H30N2O2. The SMILES string of the molecule is CCC1(/C(C)=N/OCC(=O)Nc2cc(C)cc(C)c2)CCCCC1. The number of carbonyl (C=O) groups excluding carboxylic acids is 1. The van der Waals surface area contributed by atoms with Crippen LogP contribution < -0.4 is 5.32 Å². The molecule has 132 valence electrons. The summed E-state index contributed by atoms with van der Waals surface area (Å²) in [6, 6.07) is 5.98. The predicted octanol–water partition coefficient (Wildman–Crippen LogP) is 4.99. The van der Waals surface area contributed by atoms with E-state index in [4.69, 9.17) is 4.84 Å². The first-order valence-electron chi connectivity index (χ1n) is 9.00. The Morgan fingerprint density at radius 3 is 2.38 bits per heavy atom. The molecule has 4 heteroatoms. The van der Waals surface area contributed by atoms with Gasteiger partial charge < -0.3 is 10.2 Å². The fraction of sp³-hybridized carbons (Fsp3) is 0.600. The Morgan fingerprint density at radius 1 is 1.17 bits per heavy atom. The third kappa shape index (κ3) is 4.83. The fourth-order valence-electron chi connectivity index (χ4n) is 3.73. The van der Waals surface area contributed by atoms with Gasteiger partial charge in [0.05, 0.1) is 5.71 Å². The van der Waals surface area contributed by atoms with Crippen LogP contribution in [0.2, 0.25) is 0 Å². The van der Waals surface area contributed by atoms with Crippen molar-refractivity contribution in [2.45, 2.75) is 66.2 Å². The van der Waals surface area contributed by atoms with Crippen molar-refractivity contribution in [1.82, 2.24) is 0 Å². The van der Waals surface area contributed by atoms with Gasteiger partial charge in [-0.3, -0.25) is 4.79 Å². The molecule has 0 heterocycles. The summed E-state index contributed by atoms with van der Waals surface area (Å²) in [4.78, 5) is 17.4. The number of carbonyl (C=O) groups is 1. The number of rotatable bonds is 6. The Balaban J connectivity index is 1.88. The molecular weight excluding hydrogens is 300 g/mol. The second-order valence-corrected chi connectivity index (χ2v) is 7.07. The summed E-state index contributed by atoms with van der Waals surface area (Å²) >= 11 is 0. The van der Waals surface area contributed by atoms with Gasteiger partial charge >= 0.3 is 0 Å². The molecule has 0 unspecified atom stereocenters. The molecule has 0 radical (unpaired) electrons. The van der Waals surface area contributed by atoms with Crippen LogP contribution in [-0.4, -0.2) is 18.2 Å². The van der Waals surface area contributed by atoms with Crippen LogP contribution >= 0.6 is 0 Å². The first kappa shape index (κ1) is 18.5. The lowest BCUT2D eigenvalue weighted by Gasteiger charge is -2.36. The molecule has 0 bridgehead atoms. The monoisotopic (exact) mass is 330 g/mol. The topological polar surface area (TPSA) is 50.7 Å². The van der Waals surface area contributed by atoms with Crippen molar-refractivity contribution >= 4 is 17.3 Å². The fourth-order valence-corrected chi connectivity index (χ4v) is 3.73. The van der Waals surface area contributed by atoms with Crippen molar-refractivity contribution in [1.29, 1.82) is 0 Å². The third-order valence-electron chi connectivity index (χ3n) is 5.16. The van der Waals surface area contributed by atoms with E-state index in [2.05, 4.69) is 23.5 Å². The van der Waals surface area contributed by atoms with E-state index in [1.807, 2.05) is 32.9 Å². The van der Waals surface area contributed by atoms with Gasteiger partial charge in [-0.05, 0) is 63.3 Å². The van der Waals surface area contributed by atoms with Crippen LogP contribution in [0.3, 0.4) is 0 Å². The van der Waals surface area contributed by atoms with E-state index in [1.165, 1.54) is 32.1 Å². The van der Waals surface area contributed by atoms with E-state index in [-0.39, 0.29) is 17.9 Å². The molecule has 0 aromatic heterocycles. The van der Waals surface area contributed by atoms with Gasteiger partial charge in [-0.15, -0.1) is 0 Å². The zero-order chi connectivity index (χ0) is 17.6. The van der Waals surface area contributed by atoms with Gasteiger partial charge in [0.2, 0.25) is 0 Å². The van der Waals surface area contributed by atoms with Gasteiger partial charge in [0.15, 0.2) is 6.61 Å². The quantitative estimate of drug-likeness (QED) is 0.590. The lowest BCUT2D eigenvalue weighted by atomic mass is 9.69.